The van der Waals surface area contributed by atoms with Crippen molar-refractivity contribution in [1.29, 1.82) is 0 Å². The zero-order valence-electron chi connectivity index (χ0n) is 23.9. The van der Waals surface area contributed by atoms with Gasteiger partial charge in [-0.3, -0.25) is 14.4 Å². The van der Waals surface area contributed by atoms with Crippen molar-refractivity contribution >= 4 is 37.7 Å². The zero-order chi connectivity index (χ0) is 29.3. The van der Waals surface area contributed by atoms with Gasteiger partial charge in [-0.05, 0) is 61.6 Å². The Hall–Kier alpha value is -3.08. The minimum atomic E-state index is -2.33. The summed E-state index contributed by atoms with van der Waals surface area (Å²) in [5, 5.41) is 0. The van der Waals surface area contributed by atoms with E-state index in [0.717, 1.165) is 4.90 Å². The van der Waals surface area contributed by atoms with Gasteiger partial charge in [0.15, 0.2) is 25.2 Å². The van der Waals surface area contributed by atoms with E-state index < -0.39 is 42.5 Å². The molecule has 0 aromatic heterocycles. The van der Waals surface area contributed by atoms with Crippen molar-refractivity contribution in [2.45, 2.75) is 48.5 Å². The van der Waals surface area contributed by atoms with Crippen LogP contribution in [0.15, 0.2) is 66.1 Å². The van der Waals surface area contributed by atoms with E-state index in [1.54, 1.807) is 36.0 Å². The summed E-state index contributed by atoms with van der Waals surface area (Å²) < 4.78 is 23.1. The van der Waals surface area contributed by atoms with Crippen LogP contribution in [0.25, 0.3) is 0 Å². The number of ketones is 1. The molecule has 214 valence electrons. The number of rotatable bonds is 12. The molecule has 1 amide bonds. The quantitative estimate of drug-likeness (QED) is 0.0668. The number of ether oxygens (including phenoxy) is 3. The molecule has 0 radical (unpaired) electrons. The lowest BCUT2D eigenvalue weighted by atomic mass is 9.43. The molecule has 1 saturated carbocycles. The standard InChI is InChI=1S/C30H37NO7SSi/c1-8-28(38-40(5,6)7)20-29(27(34)37-4)25(32)26(33)31(17-12-18-39-22-13-10-9-11-14-22)30(28,29)21-15-16-23(35-2)24(19-21)36-3/h8-11,13-16,19H,1,12,17-18,20H2,2-7H3/t28-,29-,30-/m0/s1. The van der Waals surface area contributed by atoms with Crippen molar-refractivity contribution in [3.05, 3.63) is 66.7 Å². The first kappa shape index (κ1) is 29.9. The molecule has 0 N–H and O–H groups in total. The lowest BCUT2D eigenvalue weighted by Crippen LogP contribution is -2.80. The van der Waals surface area contributed by atoms with Gasteiger partial charge in [-0.1, -0.05) is 30.3 Å². The van der Waals surface area contributed by atoms with E-state index in [2.05, 4.69) is 6.58 Å². The Morgan fingerprint density at radius 3 is 2.30 bits per heavy atom. The molecule has 1 aliphatic carbocycles. The van der Waals surface area contributed by atoms with E-state index in [-0.39, 0.29) is 13.0 Å². The molecule has 10 heteroatoms. The first-order valence-corrected chi connectivity index (χ1v) is 17.6. The van der Waals surface area contributed by atoms with E-state index in [4.69, 9.17) is 18.6 Å². The highest BCUT2D eigenvalue weighted by Gasteiger charge is 2.88. The minimum absolute atomic E-state index is 0.0470. The van der Waals surface area contributed by atoms with Crippen LogP contribution < -0.4 is 9.47 Å². The van der Waals surface area contributed by atoms with Crippen LogP contribution in [0, 0.1) is 5.41 Å². The maximum Gasteiger partial charge on any atom is 0.323 e. The number of hydrogen-bond donors (Lipinski definition) is 0. The van der Waals surface area contributed by atoms with Crippen molar-refractivity contribution in [3.8, 4) is 11.5 Å². The molecular weight excluding hydrogens is 546 g/mol. The van der Waals surface area contributed by atoms with Gasteiger partial charge < -0.3 is 23.5 Å². The molecule has 2 aliphatic rings. The fourth-order valence-corrected chi connectivity index (χ4v) is 8.63. The number of fused-ring (bicyclic) bond motifs is 1. The van der Waals surface area contributed by atoms with Gasteiger partial charge >= 0.3 is 5.97 Å². The Balaban J connectivity index is 1.91. The Bertz CT molecular complexity index is 1310. The van der Waals surface area contributed by atoms with Crippen molar-refractivity contribution < 1.29 is 33.0 Å². The van der Waals surface area contributed by atoms with E-state index in [1.807, 2.05) is 50.0 Å². The number of benzene rings is 2. The number of nitrogens with zero attached hydrogens (tertiary/aromatic N) is 1. The molecule has 0 spiro atoms. The van der Waals surface area contributed by atoms with Crippen molar-refractivity contribution in [1.82, 2.24) is 4.90 Å². The number of carbonyl (C=O) groups excluding carboxylic acids is 3. The minimum Gasteiger partial charge on any atom is -0.493 e. The van der Waals surface area contributed by atoms with Gasteiger partial charge in [0.05, 0.1) is 21.3 Å². The smallest absolute Gasteiger partial charge is 0.323 e. The number of likely N-dealkylation sites (tertiary alicyclic amines) is 1. The third-order valence-electron chi connectivity index (χ3n) is 7.68. The van der Waals surface area contributed by atoms with Gasteiger partial charge in [0.1, 0.15) is 11.1 Å². The number of hydrogen-bond acceptors (Lipinski definition) is 8. The van der Waals surface area contributed by atoms with Gasteiger partial charge in [-0.15, -0.1) is 18.3 Å². The van der Waals surface area contributed by atoms with E-state index in [9.17, 15) is 14.4 Å². The van der Waals surface area contributed by atoms with Crippen molar-refractivity contribution in [3.63, 3.8) is 0 Å². The van der Waals surface area contributed by atoms with E-state index in [1.165, 1.54) is 26.2 Å². The summed E-state index contributed by atoms with van der Waals surface area (Å²) in [5.74, 6) is -0.710. The van der Waals surface area contributed by atoms with E-state index >= 15 is 0 Å². The molecule has 0 unspecified atom stereocenters. The lowest BCUT2D eigenvalue weighted by Gasteiger charge is -2.67. The number of amides is 1. The first-order chi connectivity index (χ1) is 19.0. The zero-order valence-corrected chi connectivity index (χ0v) is 25.8. The lowest BCUT2D eigenvalue weighted by molar-refractivity contribution is -0.226. The van der Waals surface area contributed by atoms with Gasteiger partial charge in [-0.25, -0.2) is 0 Å². The summed E-state index contributed by atoms with van der Waals surface area (Å²) in [5.41, 5.74) is -4.03. The van der Waals surface area contributed by atoms with Gasteiger partial charge in [0.2, 0.25) is 5.78 Å². The fourth-order valence-electron chi connectivity index (χ4n) is 6.38. The number of carbonyl (C=O) groups is 3. The summed E-state index contributed by atoms with van der Waals surface area (Å²) in [7, 11) is 1.95. The second kappa shape index (κ2) is 11.1. The van der Waals surface area contributed by atoms with Crippen molar-refractivity contribution in [2.24, 2.45) is 5.41 Å². The summed E-state index contributed by atoms with van der Waals surface area (Å²) >= 11 is 1.66. The topological polar surface area (TPSA) is 91.4 Å². The van der Waals surface area contributed by atoms with Crippen LogP contribution in [0.3, 0.4) is 0 Å². The largest absolute Gasteiger partial charge is 0.493 e. The molecule has 2 fully saturated rings. The van der Waals surface area contributed by atoms with Crippen LogP contribution in [-0.4, -0.2) is 70.1 Å². The fraction of sp³-hybridized carbons (Fsp3) is 0.433. The third kappa shape index (κ3) is 4.37. The summed E-state index contributed by atoms with van der Waals surface area (Å²) in [4.78, 5) is 44.2. The molecule has 4 rings (SSSR count). The number of esters is 1. The molecule has 2 aromatic carbocycles. The second-order valence-corrected chi connectivity index (χ2v) is 16.6. The molecule has 3 atom stereocenters. The number of Topliss-reactive ketones (excluding diaryl/α,β-unsaturated/α-hetero) is 1. The molecular formula is C30H37NO7SSi. The Labute approximate surface area is 241 Å². The maximum atomic E-state index is 13.9. The predicted octanol–water partition coefficient (Wildman–Crippen LogP) is 4.83. The average Bonchev–Trinajstić information content (AvgIpc) is 3.09. The first-order valence-electron chi connectivity index (χ1n) is 13.2. The van der Waals surface area contributed by atoms with E-state index in [0.29, 0.717) is 29.2 Å². The van der Waals surface area contributed by atoms with Crippen LogP contribution in [0.2, 0.25) is 19.6 Å². The van der Waals surface area contributed by atoms with Crippen LogP contribution in [-0.2, 0) is 29.1 Å². The average molecular weight is 584 g/mol. The predicted molar refractivity (Wildman–Crippen MR) is 156 cm³/mol. The summed E-state index contributed by atoms with van der Waals surface area (Å²) in [6, 6.07) is 15.2. The van der Waals surface area contributed by atoms with Crippen LogP contribution >= 0.6 is 11.8 Å². The normalized spacial score (nSPS) is 25.7. The second-order valence-electron chi connectivity index (χ2n) is 11.0. The molecule has 1 saturated heterocycles. The SMILES string of the molecule is C=C[C@]1(O[Si](C)(C)C)C[C@@]2(C(=O)OC)C(=O)C(=O)N(CCCSc3ccccc3)[C@]21c1ccc(OC)c(OC)c1. The highest BCUT2D eigenvalue weighted by molar-refractivity contribution is 7.99. The summed E-state index contributed by atoms with van der Waals surface area (Å²) in [6.45, 7) is 10.4. The van der Waals surface area contributed by atoms with Crippen molar-refractivity contribution in [2.75, 3.05) is 33.6 Å². The molecule has 2 aromatic rings. The van der Waals surface area contributed by atoms with Gasteiger partial charge in [0, 0.05) is 17.9 Å². The van der Waals surface area contributed by atoms with Gasteiger partial charge in [0.25, 0.3) is 5.91 Å². The molecule has 0 bridgehead atoms. The third-order valence-corrected chi connectivity index (χ3v) is 9.76. The molecule has 1 heterocycles. The van der Waals surface area contributed by atoms with Crippen LogP contribution in [0.1, 0.15) is 18.4 Å². The Kier molecular flexibility index (Phi) is 8.27. The number of methoxy groups -OCH3 is 3. The monoisotopic (exact) mass is 583 g/mol. The highest BCUT2D eigenvalue weighted by atomic mass is 32.2. The summed E-state index contributed by atoms with van der Waals surface area (Å²) in [6.07, 6.45) is 2.18. The van der Waals surface area contributed by atoms with Gasteiger partial charge in [-0.2, -0.15) is 0 Å². The molecule has 8 nitrogen and oxygen atoms in total. The Morgan fingerprint density at radius 1 is 1.05 bits per heavy atom. The number of thioether (sulfide) groups is 1. The molecule has 40 heavy (non-hydrogen) atoms. The molecule has 1 aliphatic heterocycles. The highest BCUT2D eigenvalue weighted by Crippen LogP contribution is 2.72. The van der Waals surface area contributed by atoms with Crippen LogP contribution in [0.4, 0.5) is 0 Å². The maximum absolute atomic E-state index is 13.9. The van der Waals surface area contributed by atoms with Crippen LogP contribution in [0.5, 0.6) is 11.5 Å². The Morgan fingerprint density at radius 2 is 1.73 bits per heavy atom.